The monoisotopic (exact) mass is 521 g/mol. The number of guanidine groups is 1. The van der Waals surface area contributed by atoms with Crippen molar-refractivity contribution in [2.24, 2.45) is 5.73 Å². The van der Waals surface area contributed by atoms with E-state index in [1.54, 1.807) is 17.6 Å². The number of halogens is 1. The van der Waals surface area contributed by atoms with E-state index in [9.17, 15) is 0 Å². The first-order valence-corrected chi connectivity index (χ1v) is 12.2. The van der Waals surface area contributed by atoms with Gasteiger partial charge in [-0.25, -0.2) is 4.98 Å². The molecule has 0 spiro atoms. The lowest BCUT2D eigenvalue weighted by Gasteiger charge is -2.23. The summed E-state index contributed by atoms with van der Waals surface area (Å²) >= 11 is 1.54. The van der Waals surface area contributed by atoms with Gasteiger partial charge in [0.15, 0.2) is 11.1 Å². The molecule has 1 aliphatic heterocycles. The van der Waals surface area contributed by atoms with Gasteiger partial charge in [0.25, 0.3) is 0 Å². The highest BCUT2D eigenvalue weighted by Crippen LogP contribution is 2.33. The van der Waals surface area contributed by atoms with Crippen LogP contribution in [0.5, 0.6) is 0 Å². The third kappa shape index (κ3) is 4.65. The molecule has 5 aromatic rings. The van der Waals surface area contributed by atoms with Crippen LogP contribution in [0.15, 0.2) is 69.1 Å². The van der Waals surface area contributed by atoms with E-state index in [2.05, 4.69) is 15.5 Å². The third-order valence-electron chi connectivity index (χ3n) is 6.22. The van der Waals surface area contributed by atoms with Gasteiger partial charge >= 0.3 is 0 Å². The van der Waals surface area contributed by atoms with Crippen molar-refractivity contribution in [1.29, 1.82) is 5.41 Å². The van der Waals surface area contributed by atoms with Crippen molar-refractivity contribution in [3.8, 4) is 22.6 Å². The summed E-state index contributed by atoms with van der Waals surface area (Å²) in [4.78, 5) is 11.2. The standard InChI is InChI=1S/C25H23N7O2S.ClH/c26-24(27)32-11-3-4-17(32)12-22-30-23(31-34-22)15-7-9-16(10-8-15)28-25-29-20(14-35-25)19-13-33-21-6-2-1-5-18(19)21;/h1-2,5-10,13-14,17H,3-4,11-12H2,(H3,26,27)(H,28,29);1H/t17-;/m0./s1. The summed E-state index contributed by atoms with van der Waals surface area (Å²) in [5.41, 5.74) is 10.2. The summed E-state index contributed by atoms with van der Waals surface area (Å²) in [5, 5.41) is 19.1. The Morgan fingerprint density at radius 3 is 2.83 bits per heavy atom. The van der Waals surface area contributed by atoms with Crippen molar-refractivity contribution in [3.63, 3.8) is 0 Å². The van der Waals surface area contributed by atoms with Crippen LogP contribution in [-0.4, -0.2) is 38.6 Å². The molecular weight excluding hydrogens is 498 g/mol. The molecule has 11 heteroatoms. The van der Waals surface area contributed by atoms with Crippen LogP contribution in [0.4, 0.5) is 10.8 Å². The normalized spacial score (nSPS) is 15.2. The molecule has 0 amide bonds. The van der Waals surface area contributed by atoms with E-state index < -0.39 is 0 Å². The molecule has 0 bridgehead atoms. The van der Waals surface area contributed by atoms with Gasteiger partial charge in [0, 0.05) is 46.6 Å². The molecule has 1 fully saturated rings. The molecule has 1 atom stereocenters. The van der Waals surface area contributed by atoms with E-state index in [1.165, 1.54) is 0 Å². The maximum atomic E-state index is 7.72. The minimum absolute atomic E-state index is 0. The second-order valence-corrected chi connectivity index (χ2v) is 9.33. The second kappa shape index (κ2) is 10.00. The van der Waals surface area contributed by atoms with Gasteiger partial charge in [0.2, 0.25) is 11.7 Å². The first-order chi connectivity index (χ1) is 17.1. The Labute approximate surface area is 217 Å². The molecule has 4 N–H and O–H groups in total. The number of rotatable bonds is 6. The van der Waals surface area contributed by atoms with Crippen molar-refractivity contribution in [2.45, 2.75) is 25.3 Å². The van der Waals surface area contributed by atoms with Crippen LogP contribution < -0.4 is 11.1 Å². The first-order valence-electron chi connectivity index (χ1n) is 11.4. The van der Waals surface area contributed by atoms with Gasteiger partial charge in [-0.2, -0.15) is 4.98 Å². The van der Waals surface area contributed by atoms with Gasteiger partial charge in [0.05, 0.1) is 5.69 Å². The molecule has 6 rings (SSSR count). The Bertz CT molecular complexity index is 1490. The lowest BCUT2D eigenvalue weighted by Crippen LogP contribution is -2.41. The Morgan fingerprint density at radius 1 is 1.17 bits per heavy atom. The van der Waals surface area contributed by atoms with E-state index in [0.29, 0.717) is 18.1 Å². The number of anilines is 2. The molecular formula is C25H24ClN7O2S. The molecule has 184 valence electrons. The number of fused-ring (bicyclic) bond motifs is 1. The lowest BCUT2D eigenvalue weighted by atomic mass is 10.1. The largest absolute Gasteiger partial charge is 0.464 e. The molecule has 0 saturated carbocycles. The van der Waals surface area contributed by atoms with Gasteiger partial charge in [0.1, 0.15) is 11.8 Å². The summed E-state index contributed by atoms with van der Waals surface area (Å²) in [6, 6.07) is 15.9. The number of hydrogen-bond acceptors (Lipinski definition) is 8. The van der Waals surface area contributed by atoms with Crippen molar-refractivity contribution in [1.82, 2.24) is 20.0 Å². The second-order valence-electron chi connectivity index (χ2n) is 8.48. The average molecular weight is 522 g/mol. The van der Waals surface area contributed by atoms with Crippen LogP contribution in [0.2, 0.25) is 0 Å². The number of furan rings is 1. The maximum absolute atomic E-state index is 7.72. The van der Waals surface area contributed by atoms with Crippen LogP contribution in [0.3, 0.4) is 0 Å². The van der Waals surface area contributed by atoms with E-state index in [4.69, 9.17) is 25.1 Å². The molecule has 0 unspecified atom stereocenters. The topological polar surface area (TPSA) is 130 Å². The van der Waals surface area contributed by atoms with Crippen molar-refractivity contribution in [3.05, 3.63) is 66.1 Å². The Balaban J connectivity index is 0.00000267. The van der Waals surface area contributed by atoms with Crippen molar-refractivity contribution in [2.75, 3.05) is 11.9 Å². The van der Waals surface area contributed by atoms with Gasteiger partial charge in [-0.05, 0) is 43.2 Å². The van der Waals surface area contributed by atoms with Crippen LogP contribution in [0.25, 0.3) is 33.6 Å². The Kier molecular flexibility index (Phi) is 6.62. The minimum Gasteiger partial charge on any atom is -0.464 e. The molecule has 1 saturated heterocycles. The SMILES string of the molecule is Cl.N=C(N)N1CCC[C@H]1Cc1nc(-c2ccc(Nc3nc(-c4coc5ccccc45)cs3)cc2)no1. The number of nitrogens with two attached hydrogens (primary N) is 1. The number of hydrogen-bond donors (Lipinski definition) is 3. The van der Waals surface area contributed by atoms with E-state index in [0.717, 1.165) is 58.0 Å². The van der Waals surface area contributed by atoms with Crippen molar-refractivity contribution >= 4 is 51.5 Å². The lowest BCUT2D eigenvalue weighted by molar-refractivity contribution is 0.320. The summed E-state index contributed by atoms with van der Waals surface area (Å²) in [6.07, 6.45) is 4.32. The molecule has 9 nitrogen and oxygen atoms in total. The molecule has 1 aliphatic rings. The third-order valence-corrected chi connectivity index (χ3v) is 6.98. The highest BCUT2D eigenvalue weighted by atomic mass is 35.5. The highest BCUT2D eigenvalue weighted by molar-refractivity contribution is 7.14. The maximum Gasteiger partial charge on any atom is 0.229 e. The fourth-order valence-electron chi connectivity index (χ4n) is 4.48. The highest BCUT2D eigenvalue weighted by Gasteiger charge is 2.27. The summed E-state index contributed by atoms with van der Waals surface area (Å²) < 4.78 is 11.1. The molecule has 36 heavy (non-hydrogen) atoms. The fourth-order valence-corrected chi connectivity index (χ4v) is 5.21. The van der Waals surface area contributed by atoms with Crippen LogP contribution in [0.1, 0.15) is 18.7 Å². The molecule has 2 aromatic carbocycles. The number of para-hydroxylation sites is 1. The predicted octanol–water partition coefficient (Wildman–Crippen LogP) is 5.67. The van der Waals surface area contributed by atoms with Crippen molar-refractivity contribution < 1.29 is 8.94 Å². The van der Waals surface area contributed by atoms with Gasteiger partial charge in [-0.3, -0.25) is 5.41 Å². The van der Waals surface area contributed by atoms with E-state index in [1.807, 2.05) is 58.8 Å². The van der Waals surface area contributed by atoms with E-state index >= 15 is 0 Å². The molecule has 3 aromatic heterocycles. The Morgan fingerprint density at radius 2 is 2.00 bits per heavy atom. The van der Waals surface area contributed by atoms with Gasteiger partial charge in [-0.15, -0.1) is 23.7 Å². The Hall–Kier alpha value is -3.89. The smallest absolute Gasteiger partial charge is 0.229 e. The summed E-state index contributed by atoms with van der Waals surface area (Å²) in [7, 11) is 0. The zero-order valence-electron chi connectivity index (χ0n) is 19.2. The molecule has 4 heterocycles. The van der Waals surface area contributed by atoms with Crippen LogP contribution >= 0.6 is 23.7 Å². The molecule has 0 radical (unpaired) electrons. The van der Waals surface area contributed by atoms with Gasteiger partial charge < -0.3 is 24.9 Å². The fraction of sp³-hybridized carbons (Fsp3) is 0.200. The quantitative estimate of drug-likeness (QED) is 0.192. The predicted molar refractivity (Wildman–Crippen MR) is 143 cm³/mol. The number of nitrogens with zero attached hydrogens (tertiary/aromatic N) is 4. The van der Waals surface area contributed by atoms with E-state index in [-0.39, 0.29) is 24.4 Å². The summed E-state index contributed by atoms with van der Waals surface area (Å²) in [6.45, 7) is 0.800. The molecule has 0 aliphatic carbocycles. The number of benzene rings is 2. The van der Waals surface area contributed by atoms with Crippen LogP contribution in [-0.2, 0) is 6.42 Å². The first kappa shape index (κ1) is 23.8. The average Bonchev–Trinajstić information content (AvgIpc) is 3.66. The zero-order chi connectivity index (χ0) is 23.8. The van der Waals surface area contributed by atoms with Gasteiger partial charge in [-0.1, -0.05) is 23.4 Å². The zero-order valence-corrected chi connectivity index (χ0v) is 20.8. The minimum atomic E-state index is 0. The number of aromatic nitrogens is 3. The number of likely N-dealkylation sites (tertiary alicyclic amines) is 1. The number of nitrogens with one attached hydrogen (secondary N) is 2. The summed E-state index contributed by atoms with van der Waals surface area (Å²) in [5.74, 6) is 1.20. The van der Waals surface area contributed by atoms with Crippen LogP contribution in [0, 0.1) is 5.41 Å². The number of thiazole rings is 1.